The molecule has 28 heavy (non-hydrogen) atoms. The van der Waals surface area contributed by atoms with E-state index in [-0.39, 0.29) is 24.4 Å². The number of amides is 3. The van der Waals surface area contributed by atoms with Gasteiger partial charge in [0.2, 0.25) is 5.91 Å². The molecule has 0 spiro atoms. The van der Waals surface area contributed by atoms with Crippen molar-refractivity contribution in [2.45, 2.75) is 19.4 Å². The minimum atomic E-state index is -0.262. The van der Waals surface area contributed by atoms with Gasteiger partial charge in [0.15, 0.2) is 0 Å². The average Bonchev–Trinajstić information content (AvgIpc) is 2.72. The first-order valence-electron chi connectivity index (χ1n) is 8.94. The van der Waals surface area contributed by atoms with Crippen molar-refractivity contribution < 1.29 is 19.1 Å². The molecule has 7 nitrogen and oxygen atoms in total. The van der Waals surface area contributed by atoms with E-state index < -0.39 is 0 Å². The summed E-state index contributed by atoms with van der Waals surface area (Å²) < 4.78 is 10.7. The zero-order valence-corrected chi connectivity index (χ0v) is 16.9. The Balaban J connectivity index is 2.12. The van der Waals surface area contributed by atoms with Gasteiger partial charge >= 0.3 is 6.03 Å². The number of benzene rings is 2. The number of nitrogens with one attached hydrogen (secondary N) is 2. The van der Waals surface area contributed by atoms with Gasteiger partial charge < -0.3 is 25.0 Å². The van der Waals surface area contributed by atoms with Crippen LogP contribution in [-0.2, 0) is 11.2 Å². The highest BCUT2D eigenvalue weighted by Crippen LogP contribution is 2.32. The Morgan fingerprint density at radius 2 is 1.86 bits per heavy atom. The Morgan fingerprint density at radius 1 is 1.11 bits per heavy atom. The van der Waals surface area contributed by atoms with Crippen molar-refractivity contribution in [3.05, 3.63) is 53.6 Å². The van der Waals surface area contributed by atoms with Gasteiger partial charge in [0.1, 0.15) is 11.5 Å². The van der Waals surface area contributed by atoms with Crippen LogP contribution in [-0.4, -0.2) is 45.2 Å². The highest BCUT2D eigenvalue weighted by molar-refractivity contribution is 5.89. The van der Waals surface area contributed by atoms with E-state index in [1.165, 1.54) is 0 Å². The first-order valence-corrected chi connectivity index (χ1v) is 8.94. The molecule has 3 amide bonds. The lowest BCUT2D eigenvalue weighted by Gasteiger charge is -2.27. The maximum Gasteiger partial charge on any atom is 0.322 e. The fourth-order valence-corrected chi connectivity index (χ4v) is 2.79. The molecule has 7 heteroatoms. The van der Waals surface area contributed by atoms with E-state index in [1.807, 2.05) is 31.2 Å². The third-order valence-electron chi connectivity index (χ3n) is 4.61. The van der Waals surface area contributed by atoms with Crippen LogP contribution < -0.4 is 20.1 Å². The number of methoxy groups -OCH3 is 2. The first kappa shape index (κ1) is 21.1. The number of rotatable bonds is 7. The molecule has 0 bridgehead atoms. The molecule has 2 aromatic rings. The monoisotopic (exact) mass is 385 g/mol. The average molecular weight is 385 g/mol. The number of anilines is 1. The lowest BCUT2D eigenvalue weighted by Crippen LogP contribution is -2.33. The van der Waals surface area contributed by atoms with Crippen LogP contribution in [0.25, 0.3) is 0 Å². The van der Waals surface area contributed by atoms with Crippen molar-refractivity contribution in [1.29, 1.82) is 0 Å². The highest BCUT2D eigenvalue weighted by Gasteiger charge is 2.21. The van der Waals surface area contributed by atoms with Crippen molar-refractivity contribution in [2.75, 3.05) is 33.6 Å². The minimum Gasteiger partial charge on any atom is -0.497 e. The van der Waals surface area contributed by atoms with Crippen LogP contribution in [0.2, 0.25) is 0 Å². The zero-order chi connectivity index (χ0) is 20.7. The zero-order valence-electron chi connectivity index (χ0n) is 16.9. The SMILES string of the molecule is CNC(=O)Cc1cccc(NC(=O)N(C)[C@H](C)c2ccc(OC)cc2OC)c1. The van der Waals surface area contributed by atoms with E-state index in [0.29, 0.717) is 17.2 Å². The van der Waals surface area contributed by atoms with Crippen LogP contribution in [0.4, 0.5) is 10.5 Å². The van der Waals surface area contributed by atoms with Crippen molar-refractivity contribution in [1.82, 2.24) is 10.2 Å². The Bertz CT molecular complexity index is 838. The number of ether oxygens (including phenoxy) is 2. The maximum atomic E-state index is 12.7. The number of carbonyl (C=O) groups excluding carboxylic acids is 2. The number of hydrogen-bond donors (Lipinski definition) is 2. The van der Waals surface area contributed by atoms with Crippen LogP contribution in [0, 0.1) is 0 Å². The molecule has 2 N–H and O–H groups in total. The highest BCUT2D eigenvalue weighted by atomic mass is 16.5. The molecule has 0 aromatic heterocycles. The summed E-state index contributed by atoms with van der Waals surface area (Å²) in [6, 6.07) is 12.3. The summed E-state index contributed by atoms with van der Waals surface area (Å²) in [6.07, 6.45) is 0.259. The van der Waals surface area contributed by atoms with Crippen molar-refractivity contribution in [3.8, 4) is 11.5 Å². The molecule has 0 heterocycles. The summed E-state index contributed by atoms with van der Waals surface area (Å²) in [5, 5.41) is 5.46. The summed E-state index contributed by atoms with van der Waals surface area (Å²) >= 11 is 0. The standard InChI is InChI=1S/C21H27N3O4/c1-14(18-10-9-17(27-4)13-19(18)28-5)24(3)21(26)23-16-8-6-7-15(11-16)12-20(25)22-2/h6-11,13-14H,12H2,1-5H3,(H,22,25)(H,23,26)/t14-/m1/s1. The number of likely N-dealkylation sites (N-methyl/N-ethyl adjacent to an activating group) is 1. The van der Waals surface area contributed by atoms with Gasteiger partial charge in [0.05, 0.1) is 26.7 Å². The van der Waals surface area contributed by atoms with E-state index in [4.69, 9.17) is 9.47 Å². The van der Waals surface area contributed by atoms with Crippen LogP contribution in [0.3, 0.4) is 0 Å². The second-order valence-corrected chi connectivity index (χ2v) is 6.38. The molecule has 0 radical (unpaired) electrons. The second-order valence-electron chi connectivity index (χ2n) is 6.38. The van der Waals surface area contributed by atoms with E-state index in [0.717, 1.165) is 11.1 Å². The molecule has 1 atom stereocenters. The lowest BCUT2D eigenvalue weighted by molar-refractivity contribution is -0.119. The summed E-state index contributed by atoms with van der Waals surface area (Å²) in [5.74, 6) is 1.26. The topological polar surface area (TPSA) is 79.9 Å². The van der Waals surface area contributed by atoms with E-state index in [2.05, 4.69) is 10.6 Å². The molecule has 0 aliphatic carbocycles. The maximum absolute atomic E-state index is 12.7. The van der Waals surface area contributed by atoms with Gasteiger partial charge in [-0.25, -0.2) is 4.79 Å². The molecule has 0 aliphatic rings. The lowest BCUT2D eigenvalue weighted by atomic mass is 10.1. The molecule has 0 saturated heterocycles. The third kappa shape index (κ3) is 5.16. The molecule has 2 aromatic carbocycles. The number of hydrogen-bond acceptors (Lipinski definition) is 4. The van der Waals surface area contributed by atoms with Crippen molar-refractivity contribution in [3.63, 3.8) is 0 Å². The molecular formula is C21H27N3O4. The van der Waals surface area contributed by atoms with Crippen molar-refractivity contribution in [2.24, 2.45) is 0 Å². The predicted molar refractivity (Wildman–Crippen MR) is 109 cm³/mol. The molecule has 0 unspecified atom stereocenters. The summed E-state index contributed by atoms with van der Waals surface area (Å²) in [4.78, 5) is 25.9. The van der Waals surface area contributed by atoms with E-state index in [9.17, 15) is 9.59 Å². The van der Waals surface area contributed by atoms with Gasteiger partial charge in [0.25, 0.3) is 0 Å². The Hall–Kier alpha value is -3.22. The number of carbonyl (C=O) groups is 2. The molecule has 0 fully saturated rings. The van der Waals surface area contributed by atoms with Gasteiger partial charge in [-0.15, -0.1) is 0 Å². The van der Waals surface area contributed by atoms with Crippen LogP contribution in [0.5, 0.6) is 11.5 Å². The van der Waals surface area contributed by atoms with Crippen molar-refractivity contribution >= 4 is 17.6 Å². The van der Waals surface area contributed by atoms with Gasteiger partial charge in [-0.05, 0) is 36.8 Å². The van der Waals surface area contributed by atoms with Crippen LogP contribution in [0.1, 0.15) is 24.1 Å². The predicted octanol–water partition coefficient (Wildman–Crippen LogP) is 3.22. The normalized spacial score (nSPS) is 11.3. The molecule has 150 valence electrons. The second kappa shape index (κ2) is 9.64. The van der Waals surface area contributed by atoms with Gasteiger partial charge in [0, 0.05) is 31.4 Å². The third-order valence-corrected chi connectivity index (χ3v) is 4.61. The smallest absolute Gasteiger partial charge is 0.322 e. The van der Waals surface area contributed by atoms with E-state index in [1.54, 1.807) is 51.4 Å². The van der Waals surface area contributed by atoms with Gasteiger partial charge in [-0.1, -0.05) is 12.1 Å². The Kier molecular flexibility index (Phi) is 7.26. The van der Waals surface area contributed by atoms with Gasteiger partial charge in [-0.3, -0.25) is 4.79 Å². The minimum absolute atomic E-state index is 0.0826. The number of urea groups is 1. The van der Waals surface area contributed by atoms with Crippen LogP contribution in [0.15, 0.2) is 42.5 Å². The fourth-order valence-electron chi connectivity index (χ4n) is 2.79. The molecular weight excluding hydrogens is 358 g/mol. The first-order chi connectivity index (χ1) is 13.4. The van der Waals surface area contributed by atoms with E-state index >= 15 is 0 Å². The summed E-state index contributed by atoms with van der Waals surface area (Å²) in [6.45, 7) is 1.92. The molecule has 0 saturated carbocycles. The molecule has 0 aliphatic heterocycles. The largest absolute Gasteiger partial charge is 0.497 e. The summed E-state index contributed by atoms with van der Waals surface area (Å²) in [7, 11) is 6.49. The van der Waals surface area contributed by atoms with Crippen LogP contribution >= 0.6 is 0 Å². The fraction of sp³-hybridized carbons (Fsp3) is 0.333. The molecule has 2 rings (SSSR count). The Morgan fingerprint density at radius 3 is 2.50 bits per heavy atom. The van der Waals surface area contributed by atoms with Gasteiger partial charge in [-0.2, -0.15) is 0 Å². The quantitative estimate of drug-likeness (QED) is 0.767. The number of nitrogens with zero attached hydrogens (tertiary/aromatic N) is 1. The summed E-state index contributed by atoms with van der Waals surface area (Å²) in [5.41, 5.74) is 2.33. The Labute approximate surface area is 165 Å².